The molecule has 2 amide bonds. The van der Waals surface area contributed by atoms with Crippen molar-refractivity contribution < 1.29 is 19.1 Å². The Morgan fingerprint density at radius 1 is 1.18 bits per heavy atom. The fourth-order valence-electron chi connectivity index (χ4n) is 5.19. The molecular weight excluding hydrogens is 356 g/mol. The van der Waals surface area contributed by atoms with Gasteiger partial charge in [0.2, 0.25) is 11.8 Å². The number of hydrogen-bond acceptors (Lipinski definition) is 4. The molecule has 1 heterocycles. The van der Waals surface area contributed by atoms with Gasteiger partial charge in [0, 0.05) is 25.6 Å². The van der Waals surface area contributed by atoms with Gasteiger partial charge in [0.05, 0.1) is 20.1 Å². The molecule has 3 aliphatic rings. The van der Waals surface area contributed by atoms with Gasteiger partial charge in [-0.3, -0.25) is 9.59 Å². The van der Waals surface area contributed by atoms with E-state index in [4.69, 9.17) is 9.47 Å². The van der Waals surface area contributed by atoms with E-state index in [1.54, 1.807) is 14.2 Å². The van der Waals surface area contributed by atoms with Crippen LogP contribution in [-0.4, -0.2) is 50.1 Å². The number of ether oxygens (including phenoxy) is 2. The van der Waals surface area contributed by atoms with Crippen LogP contribution in [0.3, 0.4) is 0 Å². The Balaban J connectivity index is 1.29. The summed E-state index contributed by atoms with van der Waals surface area (Å²) in [5, 5.41) is 3.25. The van der Waals surface area contributed by atoms with Crippen LogP contribution in [0, 0.1) is 17.8 Å². The number of nitrogens with zero attached hydrogens (tertiary/aromatic N) is 1. The van der Waals surface area contributed by atoms with Crippen molar-refractivity contribution in [1.29, 1.82) is 0 Å². The van der Waals surface area contributed by atoms with Gasteiger partial charge < -0.3 is 19.7 Å². The number of fused-ring (bicyclic) bond motifs is 2. The quantitative estimate of drug-likeness (QED) is 0.781. The third kappa shape index (κ3) is 3.82. The van der Waals surface area contributed by atoms with E-state index in [1.165, 1.54) is 19.3 Å². The number of likely N-dealkylation sites (tertiary alicyclic amines) is 1. The first-order valence-corrected chi connectivity index (χ1v) is 10.4. The monoisotopic (exact) mass is 386 g/mol. The third-order valence-corrected chi connectivity index (χ3v) is 6.77. The van der Waals surface area contributed by atoms with Gasteiger partial charge in [0.25, 0.3) is 0 Å². The summed E-state index contributed by atoms with van der Waals surface area (Å²) in [5.74, 6) is 2.78. The van der Waals surface area contributed by atoms with E-state index in [0.29, 0.717) is 43.0 Å². The molecule has 1 aliphatic heterocycles. The van der Waals surface area contributed by atoms with Crippen LogP contribution in [0.25, 0.3) is 0 Å². The highest BCUT2D eigenvalue weighted by atomic mass is 16.5. The van der Waals surface area contributed by atoms with E-state index >= 15 is 0 Å². The predicted molar refractivity (Wildman–Crippen MR) is 105 cm³/mol. The number of benzene rings is 1. The molecule has 6 heteroatoms. The first-order chi connectivity index (χ1) is 13.6. The van der Waals surface area contributed by atoms with E-state index in [9.17, 15) is 9.59 Å². The van der Waals surface area contributed by atoms with Gasteiger partial charge in [-0.05, 0) is 55.2 Å². The molecule has 152 valence electrons. The summed E-state index contributed by atoms with van der Waals surface area (Å²) in [6.45, 7) is 1.14. The van der Waals surface area contributed by atoms with Gasteiger partial charge in [-0.1, -0.05) is 12.5 Å². The lowest BCUT2D eigenvalue weighted by atomic mass is 9.94. The first-order valence-electron chi connectivity index (χ1n) is 10.4. The Morgan fingerprint density at radius 2 is 2.00 bits per heavy atom. The lowest BCUT2D eigenvalue weighted by Crippen LogP contribution is -2.42. The molecule has 3 fully saturated rings. The van der Waals surface area contributed by atoms with Crippen molar-refractivity contribution in [2.75, 3.05) is 27.3 Å². The van der Waals surface area contributed by atoms with Crippen LogP contribution >= 0.6 is 0 Å². The van der Waals surface area contributed by atoms with E-state index in [0.717, 1.165) is 24.3 Å². The number of amides is 2. The maximum atomic E-state index is 12.7. The largest absolute Gasteiger partial charge is 0.493 e. The second kappa shape index (κ2) is 8.02. The van der Waals surface area contributed by atoms with Crippen molar-refractivity contribution in [3.05, 3.63) is 23.8 Å². The molecule has 1 aromatic carbocycles. The summed E-state index contributed by atoms with van der Waals surface area (Å²) in [6, 6.07) is 6.15. The highest BCUT2D eigenvalue weighted by molar-refractivity contribution is 5.89. The zero-order valence-corrected chi connectivity index (χ0v) is 16.8. The van der Waals surface area contributed by atoms with Crippen LogP contribution in [0.1, 0.15) is 37.7 Å². The lowest BCUT2D eigenvalue weighted by molar-refractivity contribution is -0.129. The zero-order valence-electron chi connectivity index (χ0n) is 16.8. The van der Waals surface area contributed by atoms with E-state index in [-0.39, 0.29) is 17.7 Å². The van der Waals surface area contributed by atoms with Gasteiger partial charge in [-0.25, -0.2) is 0 Å². The SMILES string of the molecule is COc1ccc(CCN2C[C@@H](C(=O)N[C@H]3C[C@H]4CC[C@H]3C4)CC2=O)cc1OC. The Labute approximate surface area is 166 Å². The number of carbonyl (C=O) groups excluding carboxylic acids is 2. The van der Waals surface area contributed by atoms with Crippen molar-refractivity contribution in [1.82, 2.24) is 10.2 Å². The van der Waals surface area contributed by atoms with Gasteiger partial charge in [0.15, 0.2) is 11.5 Å². The fourth-order valence-corrected chi connectivity index (χ4v) is 5.19. The summed E-state index contributed by atoms with van der Waals surface area (Å²) in [6.07, 6.45) is 6.02. The molecular formula is C22H30N2O4. The summed E-state index contributed by atoms with van der Waals surface area (Å²) in [7, 11) is 3.23. The summed E-state index contributed by atoms with van der Waals surface area (Å²) >= 11 is 0. The Hall–Kier alpha value is -2.24. The highest BCUT2D eigenvalue weighted by Crippen LogP contribution is 2.44. The van der Waals surface area contributed by atoms with Gasteiger partial charge in [-0.2, -0.15) is 0 Å². The molecule has 2 aliphatic carbocycles. The molecule has 1 N–H and O–H groups in total. The van der Waals surface area contributed by atoms with Gasteiger partial charge in [0.1, 0.15) is 0 Å². The molecule has 0 radical (unpaired) electrons. The minimum Gasteiger partial charge on any atom is -0.493 e. The topological polar surface area (TPSA) is 67.9 Å². The summed E-state index contributed by atoms with van der Waals surface area (Å²) in [5.41, 5.74) is 1.08. The van der Waals surface area contributed by atoms with Crippen LogP contribution < -0.4 is 14.8 Å². The Kier molecular flexibility index (Phi) is 5.47. The number of rotatable bonds is 7. The van der Waals surface area contributed by atoms with Gasteiger partial charge >= 0.3 is 0 Å². The van der Waals surface area contributed by atoms with Crippen molar-refractivity contribution in [3.63, 3.8) is 0 Å². The minimum absolute atomic E-state index is 0.0690. The normalized spacial score (nSPS) is 28.6. The molecule has 0 aromatic heterocycles. The maximum absolute atomic E-state index is 12.7. The standard InChI is InChI=1S/C22H30N2O4/c1-27-19-6-4-14(11-20(19)28-2)7-8-24-13-17(12-21(24)25)22(26)23-18-10-15-3-5-16(18)9-15/h4,6,11,15-18H,3,5,7-10,12-13H2,1-2H3,(H,23,26)/t15-,16-,17-,18-/m0/s1. The summed E-state index contributed by atoms with van der Waals surface area (Å²) in [4.78, 5) is 26.9. The van der Waals surface area contributed by atoms with Crippen molar-refractivity contribution in [3.8, 4) is 11.5 Å². The molecule has 1 saturated heterocycles. The fraction of sp³-hybridized carbons (Fsp3) is 0.636. The highest BCUT2D eigenvalue weighted by Gasteiger charge is 2.42. The maximum Gasteiger partial charge on any atom is 0.225 e. The minimum atomic E-state index is -0.211. The van der Waals surface area contributed by atoms with Crippen molar-refractivity contribution >= 4 is 11.8 Å². The molecule has 28 heavy (non-hydrogen) atoms. The lowest BCUT2D eigenvalue weighted by Gasteiger charge is -2.24. The number of nitrogens with one attached hydrogen (secondary N) is 1. The van der Waals surface area contributed by atoms with Crippen molar-refractivity contribution in [2.24, 2.45) is 17.8 Å². The zero-order chi connectivity index (χ0) is 19.7. The van der Waals surface area contributed by atoms with E-state index in [2.05, 4.69) is 5.32 Å². The smallest absolute Gasteiger partial charge is 0.225 e. The van der Waals surface area contributed by atoms with Crippen LogP contribution in [-0.2, 0) is 16.0 Å². The summed E-state index contributed by atoms with van der Waals surface area (Å²) < 4.78 is 10.6. The molecule has 2 bridgehead atoms. The predicted octanol–water partition coefficient (Wildman–Crippen LogP) is 2.40. The van der Waals surface area contributed by atoms with Crippen LogP contribution in [0.2, 0.25) is 0 Å². The molecule has 6 nitrogen and oxygen atoms in total. The molecule has 0 spiro atoms. The molecule has 1 aromatic rings. The van der Waals surface area contributed by atoms with Crippen LogP contribution in [0.4, 0.5) is 0 Å². The second-order valence-electron chi connectivity index (χ2n) is 8.47. The number of carbonyl (C=O) groups is 2. The average molecular weight is 386 g/mol. The second-order valence-corrected chi connectivity index (χ2v) is 8.47. The van der Waals surface area contributed by atoms with Crippen molar-refractivity contribution in [2.45, 2.75) is 44.6 Å². The Morgan fingerprint density at radius 3 is 2.68 bits per heavy atom. The number of methoxy groups -OCH3 is 2. The van der Waals surface area contributed by atoms with Crippen LogP contribution in [0.15, 0.2) is 18.2 Å². The molecule has 4 atom stereocenters. The van der Waals surface area contributed by atoms with E-state index in [1.807, 2.05) is 23.1 Å². The van der Waals surface area contributed by atoms with E-state index < -0.39 is 0 Å². The molecule has 2 saturated carbocycles. The first kappa shape index (κ1) is 19.1. The molecule has 0 unspecified atom stereocenters. The Bertz CT molecular complexity index is 750. The third-order valence-electron chi connectivity index (χ3n) is 6.77. The van der Waals surface area contributed by atoms with Gasteiger partial charge in [-0.15, -0.1) is 0 Å². The molecule has 4 rings (SSSR count). The van der Waals surface area contributed by atoms with Crippen LogP contribution in [0.5, 0.6) is 11.5 Å². The average Bonchev–Trinajstić information content (AvgIpc) is 3.42. The number of hydrogen-bond donors (Lipinski definition) is 1.